The molecule has 1 fully saturated rings. The van der Waals surface area contributed by atoms with Crippen LogP contribution in [0.25, 0.3) is 0 Å². The first-order valence-electron chi connectivity index (χ1n) is 8.34. The molecular weight excluding hydrogens is 278 g/mol. The minimum Gasteiger partial charge on any atom is -0.501 e. The lowest BCUT2D eigenvalue weighted by molar-refractivity contribution is 0.263. The minimum atomic E-state index is -0.0479. The van der Waals surface area contributed by atoms with Gasteiger partial charge in [-0.2, -0.15) is 0 Å². The predicted octanol–water partition coefficient (Wildman–Crippen LogP) is 3.25. The molecule has 0 aromatic carbocycles. The first kappa shape index (κ1) is 15.1. The van der Waals surface area contributed by atoms with E-state index in [2.05, 4.69) is 21.3 Å². The van der Waals surface area contributed by atoms with Crippen LogP contribution in [0, 0.1) is 0 Å². The molecular formula is C17H25N3O2. The quantitative estimate of drug-likeness (QED) is 0.838. The Balaban J connectivity index is 1.72. The van der Waals surface area contributed by atoms with Gasteiger partial charge in [-0.15, -0.1) is 0 Å². The minimum absolute atomic E-state index is 0.0479. The SMILES string of the molecule is COC1=CC[C@@H](N=Cc2c(C3CCCCC3)[nH][nH]c2=O)CC1. The van der Waals surface area contributed by atoms with Crippen LogP contribution in [0.3, 0.4) is 0 Å². The van der Waals surface area contributed by atoms with Crippen molar-refractivity contribution in [2.24, 2.45) is 4.99 Å². The third kappa shape index (κ3) is 3.34. The maximum Gasteiger partial charge on any atom is 0.272 e. The van der Waals surface area contributed by atoms with Crippen LogP contribution in [0.4, 0.5) is 0 Å². The van der Waals surface area contributed by atoms with Crippen LogP contribution in [-0.4, -0.2) is 29.6 Å². The van der Waals surface area contributed by atoms with E-state index in [-0.39, 0.29) is 11.6 Å². The van der Waals surface area contributed by atoms with Crippen molar-refractivity contribution < 1.29 is 4.74 Å². The molecule has 0 amide bonds. The molecule has 0 radical (unpaired) electrons. The van der Waals surface area contributed by atoms with Crippen molar-refractivity contribution in [3.05, 3.63) is 33.4 Å². The zero-order valence-electron chi connectivity index (χ0n) is 13.2. The van der Waals surface area contributed by atoms with E-state index in [0.717, 1.165) is 49.1 Å². The highest BCUT2D eigenvalue weighted by atomic mass is 16.5. The summed E-state index contributed by atoms with van der Waals surface area (Å²) >= 11 is 0. The molecule has 5 heteroatoms. The zero-order chi connectivity index (χ0) is 15.4. The highest BCUT2D eigenvalue weighted by Crippen LogP contribution is 2.32. The second-order valence-corrected chi connectivity index (χ2v) is 6.32. The maximum atomic E-state index is 12.0. The number of hydrogen-bond donors (Lipinski definition) is 2. The summed E-state index contributed by atoms with van der Waals surface area (Å²) in [6.07, 6.45) is 12.8. The number of aliphatic imine (C=N–C) groups is 1. The Morgan fingerprint density at radius 1 is 1.23 bits per heavy atom. The van der Waals surface area contributed by atoms with Crippen LogP contribution in [0.2, 0.25) is 0 Å². The number of H-pyrrole nitrogens is 2. The van der Waals surface area contributed by atoms with Gasteiger partial charge < -0.3 is 9.84 Å². The second kappa shape index (κ2) is 6.99. The summed E-state index contributed by atoms with van der Waals surface area (Å²) in [7, 11) is 1.71. The molecule has 0 unspecified atom stereocenters. The third-order valence-electron chi connectivity index (χ3n) is 4.88. The molecule has 0 spiro atoms. The molecule has 1 aromatic rings. The lowest BCUT2D eigenvalue weighted by Crippen LogP contribution is -2.14. The number of nitrogens with zero attached hydrogens (tertiary/aromatic N) is 1. The first-order chi connectivity index (χ1) is 10.8. The third-order valence-corrected chi connectivity index (χ3v) is 4.88. The summed E-state index contributed by atoms with van der Waals surface area (Å²) in [5.41, 5.74) is 1.74. The van der Waals surface area contributed by atoms with E-state index in [0.29, 0.717) is 5.92 Å². The predicted molar refractivity (Wildman–Crippen MR) is 87.6 cm³/mol. The Bertz CT molecular complexity index is 606. The van der Waals surface area contributed by atoms with Crippen LogP contribution in [-0.2, 0) is 4.74 Å². The summed E-state index contributed by atoms with van der Waals surface area (Å²) < 4.78 is 5.26. The van der Waals surface area contributed by atoms with Gasteiger partial charge in [-0.3, -0.25) is 14.9 Å². The van der Waals surface area contributed by atoms with E-state index >= 15 is 0 Å². The lowest BCUT2D eigenvalue weighted by atomic mass is 9.86. The summed E-state index contributed by atoms with van der Waals surface area (Å²) in [6, 6.07) is 0.257. The van der Waals surface area contributed by atoms with Crippen LogP contribution < -0.4 is 5.56 Å². The molecule has 1 saturated carbocycles. The van der Waals surface area contributed by atoms with E-state index in [1.807, 2.05) is 0 Å². The monoisotopic (exact) mass is 303 g/mol. The fraction of sp³-hybridized carbons (Fsp3) is 0.647. The summed E-state index contributed by atoms with van der Waals surface area (Å²) in [5, 5.41) is 5.82. The standard InChI is InChI=1S/C17H25N3O2/c1-22-14-9-7-13(8-10-14)18-11-15-16(19-20-17(15)21)12-5-3-2-4-6-12/h9,11-13H,2-8,10H2,1H3,(H2,19,20,21)/t13-/m1/s1. The average molecular weight is 303 g/mol. The average Bonchev–Trinajstić information content (AvgIpc) is 2.95. The maximum absolute atomic E-state index is 12.0. The topological polar surface area (TPSA) is 70.2 Å². The van der Waals surface area contributed by atoms with E-state index < -0.39 is 0 Å². The van der Waals surface area contributed by atoms with Gasteiger partial charge in [-0.05, 0) is 31.8 Å². The van der Waals surface area contributed by atoms with Crippen molar-refractivity contribution in [2.45, 2.75) is 63.3 Å². The molecule has 2 aliphatic carbocycles. The highest BCUT2D eigenvalue weighted by Gasteiger charge is 2.21. The molecule has 22 heavy (non-hydrogen) atoms. The van der Waals surface area contributed by atoms with Crippen LogP contribution in [0.1, 0.15) is 68.5 Å². The van der Waals surface area contributed by atoms with Gasteiger partial charge in [0.15, 0.2) is 0 Å². The molecule has 1 heterocycles. The van der Waals surface area contributed by atoms with Crippen molar-refractivity contribution in [3.8, 4) is 0 Å². The van der Waals surface area contributed by atoms with E-state index in [9.17, 15) is 4.79 Å². The molecule has 0 aliphatic heterocycles. The Kier molecular flexibility index (Phi) is 4.80. The normalized spacial score (nSPS) is 23.7. The fourth-order valence-electron chi connectivity index (χ4n) is 3.52. The molecule has 1 aromatic heterocycles. The van der Waals surface area contributed by atoms with Gasteiger partial charge in [0.1, 0.15) is 0 Å². The molecule has 0 saturated heterocycles. The number of aromatic amines is 2. The molecule has 2 aliphatic rings. The largest absolute Gasteiger partial charge is 0.501 e. The van der Waals surface area contributed by atoms with Gasteiger partial charge in [0.2, 0.25) is 0 Å². The molecule has 2 N–H and O–H groups in total. The molecule has 3 rings (SSSR count). The van der Waals surface area contributed by atoms with Crippen molar-refractivity contribution in [1.82, 2.24) is 10.2 Å². The van der Waals surface area contributed by atoms with Gasteiger partial charge in [-0.25, -0.2) is 0 Å². The molecule has 5 nitrogen and oxygen atoms in total. The van der Waals surface area contributed by atoms with Gasteiger partial charge in [0, 0.05) is 24.2 Å². The second-order valence-electron chi connectivity index (χ2n) is 6.32. The molecule has 0 bridgehead atoms. The van der Waals surface area contributed by atoms with Crippen LogP contribution in [0.5, 0.6) is 0 Å². The number of aromatic nitrogens is 2. The number of allylic oxidation sites excluding steroid dienone is 1. The van der Waals surface area contributed by atoms with E-state index in [4.69, 9.17) is 4.74 Å². The van der Waals surface area contributed by atoms with Gasteiger partial charge >= 0.3 is 0 Å². The van der Waals surface area contributed by atoms with Crippen molar-refractivity contribution >= 4 is 6.21 Å². The Morgan fingerprint density at radius 3 is 2.73 bits per heavy atom. The highest BCUT2D eigenvalue weighted by molar-refractivity contribution is 5.81. The lowest BCUT2D eigenvalue weighted by Gasteiger charge is -2.21. The fourth-order valence-corrected chi connectivity index (χ4v) is 3.52. The van der Waals surface area contributed by atoms with E-state index in [1.165, 1.54) is 19.3 Å². The molecule has 1 atom stereocenters. The van der Waals surface area contributed by atoms with Crippen molar-refractivity contribution in [3.63, 3.8) is 0 Å². The number of methoxy groups -OCH3 is 1. The smallest absolute Gasteiger partial charge is 0.272 e. The van der Waals surface area contributed by atoms with Crippen molar-refractivity contribution in [2.75, 3.05) is 7.11 Å². The number of ether oxygens (including phenoxy) is 1. The molecule has 120 valence electrons. The summed E-state index contributed by atoms with van der Waals surface area (Å²) in [5.74, 6) is 1.52. The number of hydrogen-bond acceptors (Lipinski definition) is 3. The number of rotatable bonds is 4. The van der Waals surface area contributed by atoms with Crippen LogP contribution >= 0.6 is 0 Å². The zero-order valence-corrected chi connectivity index (χ0v) is 13.2. The van der Waals surface area contributed by atoms with E-state index in [1.54, 1.807) is 13.3 Å². The summed E-state index contributed by atoms with van der Waals surface area (Å²) in [6.45, 7) is 0. The Hall–Kier alpha value is -1.78. The summed E-state index contributed by atoms with van der Waals surface area (Å²) in [4.78, 5) is 16.7. The number of nitrogens with one attached hydrogen (secondary N) is 2. The van der Waals surface area contributed by atoms with Crippen molar-refractivity contribution in [1.29, 1.82) is 0 Å². The van der Waals surface area contributed by atoms with Gasteiger partial charge in [0.05, 0.1) is 24.5 Å². The van der Waals surface area contributed by atoms with Crippen LogP contribution in [0.15, 0.2) is 21.6 Å². The van der Waals surface area contributed by atoms with Gasteiger partial charge in [-0.1, -0.05) is 19.3 Å². The van der Waals surface area contributed by atoms with Gasteiger partial charge in [0.25, 0.3) is 5.56 Å². The Morgan fingerprint density at radius 2 is 2.05 bits per heavy atom. The first-order valence-corrected chi connectivity index (χ1v) is 8.34. The Labute approximate surface area is 130 Å².